The Labute approximate surface area is 172 Å². The molecule has 0 bridgehead atoms. The molecule has 2 aliphatic rings. The monoisotopic (exact) mass is 420 g/mol. The summed E-state index contributed by atoms with van der Waals surface area (Å²) in [5.74, 6) is 0.320. The van der Waals surface area contributed by atoms with Crippen LogP contribution in [0, 0.1) is 12.8 Å². The number of rotatable bonds is 3. The fourth-order valence-corrected chi connectivity index (χ4v) is 4.52. The number of carbonyl (C=O) groups is 1. The van der Waals surface area contributed by atoms with E-state index in [0.29, 0.717) is 30.2 Å². The van der Waals surface area contributed by atoms with E-state index in [0.717, 1.165) is 25.5 Å². The van der Waals surface area contributed by atoms with Crippen LogP contribution in [0.3, 0.4) is 0 Å². The maximum Gasteiger partial charge on any atom is 0.416 e. The molecule has 3 atom stereocenters. The lowest BCUT2D eigenvalue weighted by Gasteiger charge is -2.36. The van der Waals surface area contributed by atoms with E-state index in [2.05, 4.69) is 20.4 Å². The van der Waals surface area contributed by atoms with Crippen molar-refractivity contribution in [2.75, 3.05) is 18.0 Å². The summed E-state index contributed by atoms with van der Waals surface area (Å²) in [5, 5.41) is 22.1. The van der Waals surface area contributed by atoms with Crippen molar-refractivity contribution in [3.63, 3.8) is 0 Å². The van der Waals surface area contributed by atoms with Crippen molar-refractivity contribution in [2.24, 2.45) is 5.92 Å². The van der Waals surface area contributed by atoms with Gasteiger partial charge in [0.2, 0.25) is 0 Å². The van der Waals surface area contributed by atoms with Crippen LogP contribution in [0.25, 0.3) is 11.3 Å². The number of anilines is 1. The number of ketones is 1. The van der Waals surface area contributed by atoms with E-state index in [4.69, 9.17) is 0 Å². The van der Waals surface area contributed by atoms with Gasteiger partial charge in [0, 0.05) is 36.7 Å². The number of halogens is 3. The number of aromatic hydroxyl groups is 1. The third kappa shape index (κ3) is 3.74. The molecule has 2 fully saturated rings. The smallest absolute Gasteiger partial charge is 0.416 e. The highest BCUT2D eigenvalue weighted by molar-refractivity contribution is 5.79. The number of phenols is 1. The van der Waals surface area contributed by atoms with Crippen LogP contribution in [0.15, 0.2) is 24.3 Å². The number of nitrogens with zero attached hydrogens (tertiary/aromatic N) is 3. The third-order valence-electron chi connectivity index (χ3n) is 6.12. The van der Waals surface area contributed by atoms with Gasteiger partial charge in [-0.05, 0) is 56.5 Å². The Hall–Kier alpha value is -2.68. The number of hydrogen-bond acceptors (Lipinski definition) is 6. The van der Waals surface area contributed by atoms with Gasteiger partial charge in [-0.1, -0.05) is 0 Å². The first kappa shape index (κ1) is 20.6. The van der Waals surface area contributed by atoms with E-state index in [-0.39, 0.29) is 28.9 Å². The number of phenolic OH excluding ortho intramolecular Hbond substituents is 1. The van der Waals surface area contributed by atoms with Crippen LogP contribution in [-0.4, -0.2) is 46.3 Å². The van der Waals surface area contributed by atoms with Gasteiger partial charge in [0.15, 0.2) is 5.82 Å². The SMILES string of the molecule is CC(=O)C1CN[C@@H]2CCN(c3ccc(-c4c(C)cc(C(F)(F)F)cc4O)nn3)[C@@H]2C1. The van der Waals surface area contributed by atoms with E-state index in [1.807, 2.05) is 0 Å². The molecule has 6 nitrogen and oxygen atoms in total. The zero-order valence-electron chi connectivity index (χ0n) is 16.7. The highest BCUT2D eigenvalue weighted by atomic mass is 19.4. The van der Waals surface area contributed by atoms with Crippen molar-refractivity contribution in [3.8, 4) is 17.0 Å². The van der Waals surface area contributed by atoms with Crippen molar-refractivity contribution in [1.82, 2.24) is 15.5 Å². The summed E-state index contributed by atoms with van der Waals surface area (Å²) in [6.07, 6.45) is -2.83. The number of alkyl halides is 3. The number of fused-ring (bicyclic) bond motifs is 1. The second-order valence-electron chi connectivity index (χ2n) is 8.07. The Kier molecular flexibility index (Phi) is 5.17. The number of aryl methyl sites for hydroxylation is 1. The topological polar surface area (TPSA) is 78.4 Å². The minimum absolute atomic E-state index is 0.0224. The molecule has 160 valence electrons. The predicted molar refractivity (Wildman–Crippen MR) is 105 cm³/mol. The van der Waals surface area contributed by atoms with Gasteiger partial charge in [-0.2, -0.15) is 13.2 Å². The minimum atomic E-state index is -4.53. The molecule has 3 heterocycles. The molecule has 9 heteroatoms. The van der Waals surface area contributed by atoms with Gasteiger partial charge in [0.1, 0.15) is 11.5 Å². The van der Waals surface area contributed by atoms with Crippen LogP contribution in [0.1, 0.15) is 30.9 Å². The van der Waals surface area contributed by atoms with Crippen LogP contribution in [0.2, 0.25) is 0 Å². The standard InChI is InChI=1S/C21H23F3N4O2/c1-11-7-14(21(22,23)24)9-18(30)20(11)16-3-4-19(27-26-16)28-6-5-15-17(28)8-13(10-25-15)12(2)29/h3-4,7,9,13,15,17,25,30H,5-6,8,10H2,1-2H3/t13?,15-,17-/m1/s1. The average Bonchev–Trinajstić information content (AvgIpc) is 3.10. The Balaban J connectivity index is 1.59. The fraction of sp³-hybridized carbons (Fsp3) is 0.476. The van der Waals surface area contributed by atoms with Gasteiger partial charge in [-0.25, -0.2) is 0 Å². The Bertz CT molecular complexity index is 939. The van der Waals surface area contributed by atoms with Crippen LogP contribution >= 0.6 is 0 Å². The number of benzene rings is 1. The molecular weight excluding hydrogens is 397 g/mol. The Morgan fingerprint density at radius 3 is 2.63 bits per heavy atom. The van der Waals surface area contributed by atoms with Gasteiger partial charge in [0.25, 0.3) is 0 Å². The molecule has 0 aliphatic carbocycles. The molecule has 0 radical (unpaired) electrons. The van der Waals surface area contributed by atoms with E-state index < -0.39 is 17.5 Å². The number of nitrogens with one attached hydrogen (secondary N) is 1. The maximum atomic E-state index is 13.0. The third-order valence-corrected chi connectivity index (χ3v) is 6.12. The number of hydrogen-bond donors (Lipinski definition) is 2. The molecule has 2 N–H and O–H groups in total. The van der Waals surface area contributed by atoms with Crippen LogP contribution in [-0.2, 0) is 11.0 Å². The zero-order chi connectivity index (χ0) is 21.6. The van der Waals surface area contributed by atoms with Crippen LogP contribution in [0.4, 0.5) is 19.0 Å². The summed E-state index contributed by atoms with van der Waals surface area (Å²) in [7, 11) is 0. The first-order valence-corrected chi connectivity index (χ1v) is 9.90. The summed E-state index contributed by atoms with van der Waals surface area (Å²) >= 11 is 0. The number of Topliss-reactive ketones (excluding diaryl/α,β-unsaturated/α-hetero) is 1. The zero-order valence-corrected chi connectivity index (χ0v) is 16.7. The van der Waals surface area contributed by atoms with E-state index in [1.165, 1.54) is 6.92 Å². The van der Waals surface area contributed by atoms with E-state index in [1.54, 1.807) is 19.1 Å². The van der Waals surface area contributed by atoms with Crippen molar-refractivity contribution in [2.45, 2.75) is 44.9 Å². The Morgan fingerprint density at radius 1 is 1.27 bits per heavy atom. The molecule has 4 rings (SSSR count). The Morgan fingerprint density at radius 2 is 2.03 bits per heavy atom. The number of carbonyl (C=O) groups excluding carboxylic acids is 1. The molecule has 0 spiro atoms. The van der Waals surface area contributed by atoms with Gasteiger partial charge in [-0.15, -0.1) is 10.2 Å². The lowest BCUT2D eigenvalue weighted by Crippen LogP contribution is -2.52. The van der Waals surface area contributed by atoms with Gasteiger partial charge < -0.3 is 15.3 Å². The molecule has 2 aliphatic heterocycles. The van der Waals surface area contributed by atoms with Crippen LogP contribution in [0.5, 0.6) is 5.75 Å². The van der Waals surface area contributed by atoms with Gasteiger partial charge in [-0.3, -0.25) is 4.79 Å². The van der Waals surface area contributed by atoms with Crippen molar-refractivity contribution >= 4 is 11.6 Å². The number of piperidine rings is 1. The first-order chi connectivity index (χ1) is 14.1. The highest BCUT2D eigenvalue weighted by Gasteiger charge is 2.40. The summed E-state index contributed by atoms with van der Waals surface area (Å²) in [4.78, 5) is 13.9. The highest BCUT2D eigenvalue weighted by Crippen LogP contribution is 2.39. The normalized spacial score (nSPS) is 24.0. The lowest BCUT2D eigenvalue weighted by atomic mass is 9.88. The van der Waals surface area contributed by atoms with Gasteiger partial charge in [0.05, 0.1) is 11.3 Å². The van der Waals surface area contributed by atoms with Gasteiger partial charge >= 0.3 is 6.18 Å². The first-order valence-electron chi connectivity index (χ1n) is 9.90. The molecule has 30 heavy (non-hydrogen) atoms. The van der Waals surface area contributed by atoms with Crippen molar-refractivity contribution < 1.29 is 23.1 Å². The second kappa shape index (κ2) is 7.54. The van der Waals surface area contributed by atoms with E-state index >= 15 is 0 Å². The molecule has 0 amide bonds. The van der Waals surface area contributed by atoms with Crippen molar-refractivity contribution in [3.05, 3.63) is 35.4 Å². The second-order valence-corrected chi connectivity index (χ2v) is 8.07. The molecule has 1 unspecified atom stereocenters. The lowest BCUT2D eigenvalue weighted by molar-refractivity contribution is -0.137. The number of aromatic nitrogens is 2. The summed E-state index contributed by atoms with van der Waals surface area (Å²) in [6, 6.07) is 5.56. The average molecular weight is 420 g/mol. The summed E-state index contributed by atoms with van der Waals surface area (Å²) in [6.45, 7) is 4.59. The summed E-state index contributed by atoms with van der Waals surface area (Å²) < 4.78 is 38.9. The quantitative estimate of drug-likeness (QED) is 0.793. The van der Waals surface area contributed by atoms with Crippen LogP contribution < -0.4 is 10.2 Å². The minimum Gasteiger partial charge on any atom is -0.507 e. The van der Waals surface area contributed by atoms with Crippen molar-refractivity contribution in [1.29, 1.82) is 0 Å². The molecule has 1 aromatic heterocycles. The predicted octanol–water partition coefficient (Wildman–Crippen LogP) is 3.32. The molecule has 1 aromatic carbocycles. The molecule has 0 saturated carbocycles. The maximum absolute atomic E-state index is 13.0. The summed E-state index contributed by atoms with van der Waals surface area (Å²) in [5.41, 5.74) is -0.0934. The molecular formula is C21H23F3N4O2. The molecule has 2 aromatic rings. The largest absolute Gasteiger partial charge is 0.507 e. The molecule has 2 saturated heterocycles. The fourth-order valence-electron chi connectivity index (χ4n) is 4.52. The van der Waals surface area contributed by atoms with E-state index in [9.17, 15) is 23.1 Å².